The first-order valence-electron chi connectivity index (χ1n) is 9.80. The van der Waals surface area contributed by atoms with Crippen LogP contribution in [-0.4, -0.2) is 39.3 Å². The molecule has 31 heavy (non-hydrogen) atoms. The summed E-state index contributed by atoms with van der Waals surface area (Å²) in [6.07, 6.45) is 0. The Kier molecular flexibility index (Phi) is 7.26. The summed E-state index contributed by atoms with van der Waals surface area (Å²) < 4.78 is 28.8. The van der Waals surface area contributed by atoms with E-state index in [-0.39, 0.29) is 23.0 Å². The first-order valence-corrected chi connectivity index (χ1v) is 11.6. The number of hydrogen-bond donors (Lipinski definition) is 1. The molecule has 1 N–H and O–H groups in total. The van der Waals surface area contributed by atoms with E-state index < -0.39 is 17.5 Å². The number of fused-ring (bicyclic) bond motifs is 1. The van der Waals surface area contributed by atoms with E-state index in [9.17, 15) is 18.4 Å². The molecule has 0 saturated heterocycles. The van der Waals surface area contributed by atoms with E-state index in [1.165, 1.54) is 15.9 Å². The molecule has 0 saturated carbocycles. The van der Waals surface area contributed by atoms with Crippen LogP contribution in [0.1, 0.15) is 33.7 Å². The highest BCUT2D eigenvalue weighted by atomic mass is 32.2. The minimum Gasteiger partial charge on any atom is -0.349 e. The van der Waals surface area contributed by atoms with Gasteiger partial charge in [-0.2, -0.15) is 4.98 Å². The number of nitrogens with zero attached hydrogens (tertiary/aromatic N) is 4. The van der Waals surface area contributed by atoms with Crippen molar-refractivity contribution in [1.82, 2.24) is 14.5 Å². The molecule has 3 rings (SSSR count). The van der Waals surface area contributed by atoms with Gasteiger partial charge in [-0.1, -0.05) is 23.1 Å². The van der Waals surface area contributed by atoms with Crippen LogP contribution in [0.5, 0.6) is 0 Å². The molecule has 0 atom stereocenters. The zero-order valence-electron chi connectivity index (χ0n) is 17.6. The summed E-state index contributed by atoms with van der Waals surface area (Å²) in [4.78, 5) is 36.5. The van der Waals surface area contributed by atoms with E-state index in [4.69, 9.17) is 0 Å². The zero-order valence-corrected chi connectivity index (χ0v) is 19.2. The number of thiazole rings is 1. The van der Waals surface area contributed by atoms with Crippen LogP contribution in [0.2, 0.25) is 0 Å². The van der Waals surface area contributed by atoms with Crippen LogP contribution < -0.4 is 15.8 Å². The van der Waals surface area contributed by atoms with E-state index in [2.05, 4.69) is 15.3 Å². The van der Waals surface area contributed by atoms with Gasteiger partial charge in [0.05, 0.1) is 11.4 Å². The summed E-state index contributed by atoms with van der Waals surface area (Å²) in [6.45, 7) is 9.27. The molecular weight excluding hydrogens is 444 g/mol. The number of halogens is 2. The van der Waals surface area contributed by atoms with Gasteiger partial charge in [-0.05, 0) is 39.8 Å². The lowest BCUT2D eigenvalue weighted by molar-refractivity contribution is -0.113. The average Bonchev–Trinajstić information content (AvgIpc) is 3.13. The van der Waals surface area contributed by atoms with Crippen LogP contribution in [0.3, 0.4) is 0 Å². The molecule has 0 aliphatic heterocycles. The third-order valence-electron chi connectivity index (χ3n) is 4.51. The summed E-state index contributed by atoms with van der Waals surface area (Å²) >= 11 is 2.37. The zero-order chi connectivity index (χ0) is 22.7. The Bertz CT molecular complexity index is 1160. The highest BCUT2D eigenvalue weighted by Gasteiger charge is 2.20. The van der Waals surface area contributed by atoms with E-state index in [0.717, 1.165) is 42.1 Å². The maximum Gasteiger partial charge on any atom is 0.274 e. The van der Waals surface area contributed by atoms with Gasteiger partial charge in [0.25, 0.3) is 5.56 Å². The monoisotopic (exact) mass is 467 g/mol. The fraction of sp³-hybridized carbons (Fsp3) is 0.400. The third kappa shape index (κ3) is 5.04. The van der Waals surface area contributed by atoms with Crippen molar-refractivity contribution in [3.63, 3.8) is 0 Å². The van der Waals surface area contributed by atoms with Gasteiger partial charge < -0.3 is 10.2 Å². The Hall–Kier alpha value is -2.53. The van der Waals surface area contributed by atoms with Gasteiger partial charge in [0, 0.05) is 25.2 Å². The first-order chi connectivity index (χ1) is 14.7. The maximum atomic E-state index is 13.8. The molecule has 0 unspecified atom stereocenters. The fourth-order valence-electron chi connectivity index (χ4n) is 2.95. The summed E-state index contributed by atoms with van der Waals surface area (Å²) in [6, 6.07) is 2.74. The van der Waals surface area contributed by atoms with Crippen molar-refractivity contribution in [3.8, 4) is 0 Å². The second-order valence-electron chi connectivity index (χ2n) is 6.95. The molecule has 11 heteroatoms. The van der Waals surface area contributed by atoms with Crippen LogP contribution >= 0.6 is 23.1 Å². The lowest BCUT2D eigenvalue weighted by Gasteiger charge is -2.15. The molecule has 0 bridgehead atoms. The lowest BCUT2D eigenvalue weighted by atomic mass is 10.3. The number of benzene rings is 1. The highest BCUT2D eigenvalue weighted by Crippen LogP contribution is 2.28. The van der Waals surface area contributed by atoms with Gasteiger partial charge in [-0.25, -0.2) is 13.8 Å². The normalized spacial score (nSPS) is 11.3. The van der Waals surface area contributed by atoms with Crippen molar-refractivity contribution in [2.24, 2.45) is 0 Å². The molecular formula is C20H23F2N5O2S2. The number of thioether (sulfide) groups is 1. The second kappa shape index (κ2) is 9.73. The van der Waals surface area contributed by atoms with E-state index >= 15 is 0 Å². The SMILES string of the molecule is CCN(CC)c1nc2nc(SCC(=O)Nc3ccc(F)cc3F)n(C(C)C)c(=O)c2s1. The van der Waals surface area contributed by atoms with E-state index in [1.807, 2.05) is 32.6 Å². The number of carbonyl (C=O) groups is 1. The molecule has 0 radical (unpaired) electrons. The van der Waals surface area contributed by atoms with Crippen LogP contribution in [0.4, 0.5) is 19.6 Å². The number of aromatic nitrogens is 3. The number of hydrogen-bond acceptors (Lipinski definition) is 7. The Morgan fingerprint density at radius 2 is 1.97 bits per heavy atom. The summed E-state index contributed by atoms with van der Waals surface area (Å²) in [5, 5.41) is 3.49. The third-order valence-corrected chi connectivity index (χ3v) is 6.55. The van der Waals surface area contributed by atoms with Crippen molar-refractivity contribution in [1.29, 1.82) is 0 Å². The number of carbonyl (C=O) groups excluding carboxylic acids is 1. The van der Waals surface area contributed by atoms with Crippen molar-refractivity contribution < 1.29 is 13.6 Å². The molecule has 2 heterocycles. The quantitative estimate of drug-likeness (QED) is 0.393. The predicted molar refractivity (Wildman–Crippen MR) is 121 cm³/mol. The van der Waals surface area contributed by atoms with Crippen LogP contribution in [0, 0.1) is 11.6 Å². The van der Waals surface area contributed by atoms with Crippen molar-refractivity contribution in [2.45, 2.75) is 38.9 Å². The maximum absolute atomic E-state index is 13.8. The Morgan fingerprint density at radius 3 is 2.58 bits per heavy atom. The molecule has 1 aromatic carbocycles. The summed E-state index contributed by atoms with van der Waals surface area (Å²) in [7, 11) is 0. The van der Waals surface area contributed by atoms with E-state index in [0.29, 0.717) is 21.6 Å². The molecule has 7 nitrogen and oxygen atoms in total. The molecule has 0 fully saturated rings. The summed E-state index contributed by atoms with van der Waals surface area (Å²) in [5.41, 5.74) is 0.0321. The van der Waals surface area contributed by atoms with Gasteiger partial charge in [0.1, 0.15) is 16.3 Å². The van der Waals surface area contributed by atoms with Gasteiger partial charge in [0.2, 0.25) is 5.91 Å². The number of anilines is 2. The van der Waals surface area contributed by atoms with Crippen LogP contribution in [-0.2, 0) is 4.79 Å². The minimum absolute atomic E-state index is 0.103. The summed E-state index contributed by atoms with van der Waals surface area (Å²) in [5.74, 6) is -2.18. The van der Waals surface area contributed by atoms with Gasteiger partial charge in [-0.15, -0.1) is 0 Å². The topological polar surface area (TPSA) is 80.1 Å². The van der Waals surface area contributed by atoms with Crippen LogP contribution in [0.25, 0.3) is 10.3 Å². The van der Waals surface area contributed by atoms with Gasteiger partial charge >= 0.3 is 0 Å². The smallest absolute Gasteiger partial charge is 0.274 e. The molecule has 2 aromatic heterocycles. The first kappa shape index (κ1) is 23.1. The van der Waals surface area contributed by atoms with Crippen molar-refractivity contribution in [2.75, 3.05) is 29.1 Å². The Labute approximate surface area is 186 Å². The van der Waals surface area contributed by atoms with Gasteiger partial charge in [-0.3, -0.25) is 14.2 Å². The van der Waals surface area contributed by atoms with Crippen LogP contribution in [0.15, 0.2) is 28.2 Å². The molecule has 166 valence electrons. The molecule has 3 aromatic rings. The standard InChI is InChI=1S/C20H23F2N5O2S2/c1-5-26(6-2)19-24-17-16(31-19)18(29)27(11(3)4)20(25-17)30-10-15(28)23-14-8-7-12(21)9-13(14)22/h7-9,11H,5-6,10H2,1-4H3,(H,23,28). The van der Waals surface area contributed by atoms with E-state index in [1.54, 1.807) is 0 Å². The lowest BCUT2D eigenvalue weighted by Crippen LogP contribution is -2.25. The number of rotatable bonds is 8. The number of amides is 1. The average molecular weight is 468 g/mol. The van der Waals surface area contributed by atoms with Crippen molar-refractivity contribution in [3.05, 3.63) is 40.2 Å². The molecule has 0 spiro atoms. The number of nitrogens with one attached hydrogen (secondary N) is 1. The Morgan fingerprint density at radius 1 is 1.26 bits per heavy atom. The predicted octanol–water partition coefficient (Wildman–Crippen LogP) is 4.29. The molecule has 1 amide bonds. The minimum atomic E-state index is -0.858. The fourth-order valence-corrected chi connectivity index (χ4v) is 4.94. The highest BCUT2D eigenvalue weighted by molar-refractivity contribution is 7.99. The molecule has 0 aliphatic carbocycles. The molecule has 0 aliphatic rings. The van der Waals surface area contributed by atoms with Crippen molar-refractivity contribution >= 4 is 50.2 Å². The largest absolute Gasteiger partial charge is 0.349 e. The Balaban J connectivity index is 1.87. The van der Waals surface area contributed by atoms with Gasteiger partial charge in [0.15, 0.2) is 15.9 Å². The second-order valence-corrected chi connectivity index (χ2v) is 8.87.